The van der Waals surface area contributed by atoms with E-state index in [4.69, 9.17) is 11.5 Å². The maximum Gasteiger partial charge on any atom is 0.326 e. The average Bonchev–Trinajstić information content (AvgIpc) is 2.92. The van der Waals surface area contributed by atoms with Gasteiger partial charge in [-0.25, -0.2) is 4.79 Å². The maximum absolute atomic E-state index is 13.0. The van der Waals surface area contributed by atoms with Crippen LogP contribution in [0.5, 0.6) is 5.75 Å². The molecule has 0 heterocycles. The fraction of sp³-hybridized carbons (Fsp3) is 0.710. The van der Waals surface area contributed by atoms with E-state index in [1.807, 2.05) is 0 Å². The van der Waals surface area contributed by atoms with E-state index in [0.29, 0.717) is 12.0 Å². The Morgan fingerprint density at radius 2 is 1.21 bits per heavy atom. The summed E-state index contributed by atoms with van der Waals surface area (Å²) in [5.41, 5.74) is 12.3. The van der Waals surface area contributed by atoms with Crippen molar-refractivity contribution in [2.45, 2.75) is 135 Å². The van der Waals surface area contributed by atoms with Gasteiger partial charge in [0, 0.05) is 0 Å². The number of hydrogen-bond donors (Lipinski definition) is 4. The van der Waals surface area contributed by atoms with Gasteiger partial charge in [-0.05, 0) is 30.5 Å². The Hall–Kier alpha value is -2.45. The molecule has 0 aliphatic rings. The second-order valence-corrected chi connectivity index (χ2v) is 10.7. The van der Waals surface area contributed by atoms with Gasteiger partial charge < -0.3 is 21.7 Å². The normalized spacial score (nSPS) is 12.7. The number of benzene rings is 1. The van der Waals surface area contributed by atoms with Gasteiger partial charge in [-0.1, -0.05) is 122 Å². The summed E-state index contributed by atoms with van der Waals surface area (Å²) in [5.74, 6) is -2.64. The number of nitrogens with two attached hydrogens (primary N) is 2. The number of amides is 2. The van der Waals surface area contributed by atoms with E-state index < -0.39 is 36.4 Å². The van der Waals surface area contributed by atoms with Crippen molar-refractivity contribution in [1.82, 2.24) is 4.90 Å². The Morgan fingerprint density at radius 3 is 1.62 bits per heavy atom. The summed E-state index contributed by atoms with van der Waals surface area (Å²) >= 11 is 0. The van der Waals surface area contributed by atoms with Crippen LogP contribution >= 0.6 is 0 Å². The SMILES string of the molecule is CCCCCCCCCCCCCCCCCCC(C(=O)O)N(C(=O)CN)C(=O)C(N)Cc1ccc(O)cc1. The van der Waals surface area contributed by atoms with Gasteiger partial charge in [0.2, 0.25) is 11.8 Å². The molecule has 222 valence electrons. The minimum absolute atomic E-state index is 0.0864. The number of aliphatic carboxylic acids is 1. The van der Waals surface area contributed by atoms with Crippen LogP contribution in [0.1, 0.15) is 122 Å². The minimum Gasteiger partial charge on any atom is -0.508 e. The molecular formula is C31H53N3O5. The van der Waals surface area contributed by atoms with Crippen LogP contribution in [0.3, 0.4) is 0 Å². The molecule has 0 radical (unpaired) electrons. The molecule has 39 heavy (non-hydrogen) atoms. The Balaban J connectivity index is 2.33. The summed E-state index contributed by atoms with van der Waals surface area (Å²) in [6.45, 7) is 1.78. The zero-order chi connectivity index (χ0) is 28.9. The predicted molar refractivity (Wildman–Crippen MR) is 156 cm³/mol. The highest BCUT2D eigenvalue weighted by molar-refractivity contribution is 6.02. The largest absolute Gasteiger partial charge is 0.508 e. The summed E-state index contributed by atoms with van der Waals surface area (Å²) in [6, 6.07) is 3.83. The Labute approximate surface area is 235 Å². The lowest BCUT2D eigenvalue weighted by atomic mass is 10.0. The number of unbranched alkanes of at least 4 members (excludes halogenated alkanes) is 15. The summed E-state index contributed by atoms with van der Waals surface area (Å²) < 4.78 is 0. The Bertz CT molecular complexity index is 815. The Kier molecular flexibility index (Phi) is 19.0. The van der Waals surface area contributed by atoms with Crippen molar-refractivity contribution >= 4 is 17.8 Å². The zero-order valence-electron chi connectivity index (χ0n) is 24.1. The van der Waals surface area contributed by atoms with Gasteiger partial charge in [0.25, 0.3) is 0 Å². The smallest absolute Gasteiger partial charge is 0.326 e. The van der Waals surface area contributed by atoms with E-state index in [2.05, 4.69) is 6.92 Å². The number of phenols is 1. The van der Waals surface area contributed by atoms with E-state index in [-0.39, 0.29) is 18.6 Å². The van der Waals surface area contributed by atoms with E-state index in [1.165, 1.54) is 89.2 Å². The second-order valence-electron chi connectivity index (χ2n) is 10.7. The lowest BCUT2D eigenvalue weighted by molar-refractivity contribution is -0.158. The highest BCUT2D eigenvalue weighted by Crippen LogP contribution is 2.18. The van der Waals surface area contributed by atoms with E-state index >= 15 is 0 Å². The fourth-order valence-electron chi connectivity index (χ4n) is 4.95. The quantitative estimate of drug-likeness (QED) is 0.129. The molecule has 0 saturated heterocycles. The van der Waals surface area contributed by atoms with Crippen LogP contribution in [-0.2, 0) is 20.8 Å². The van der Waals surface area contributed by atoms with Gasteiger partial charge in [0.05, 0.1) is 12.6 Å². The molecule has 1 aromatic rings. The fourth-order valence-corrected chi connectivity index (χ4v) is 4.95. The van der Waals surface area contributed by atoms with Crippen molar-refractivity contribution in [3.63, 3.8) is 0 Å². The summed E-state index contributed by atoms with van der Waals surface area (Å²) in [6.07, 6.45) is 19.7. The summed E-state index contributed by atoms with van der Waals surface area (Å²) in [7, 11) is 0. The van der Waals surface area contributed by atoms with Crippen molar-refractivity contribution in [3.8, 4) is 5.75 Å². The lowest BCUT2D eigenvalue weighted by Crippen LogP contribution is -2.56. The third kappa shape index (κ3) is 15.1. The van der Waals surface area contributed by atoms with Crippen LogP contribution < -0.4 is 11.5 Å². The molecule has 2 amide bonds. The molecule has 2 unspecified atom stereocenters. The van der Waals surface area contributed by atoms with Crippen molar-refractivity contribution < 1.29 is 24.6 Å². The topological polar surface area (TPSA) is 147 Å². The molecule has 0 bridgehead atoms. The van der Waals surface area contributed by atoms with Gasteiger partial charge in [-0.3, -0.25) is 14.5 Å². The van der Waals surface area contributed by atoms with Crippen LogP contribution in [0.25, 0.3) is 0 Å². The third-order valence-electron chi connectivity index (χ3n) is 7.32. The highest BCUT2D eigenvalue weighted by Gasteiger charge is 2.36. The molecule has 0 aromatic heterocycles. The van der Waals surface area contributed by atoms with E-state index in [9.17, 15) is 24.6 Å². The summed E-state index contributed by atoms with van der Waals surface area (Å²) in [5, 5.41) is 19.2. The first-order valence-electron chi connectivity index (χ1n) is 15.1. The van der Waals surface area contributed by atoms with Crippen LogP contribution in [0.4, 0.5) is 0 Å². The molecule has 0 fully saturated rings. The van der Waals surface area contributed by atoms with Crippen molar-refractivity contribution in [3.05, 3.63) is 29.8 Å². The van der Waals surface area contributed by atoms with Gasteiger partial charge in [0.15, 0.2) is 0 Å². The standard InChI is InChI=1S/C31H53N3O5/c1-2-3-4-5-6-7-8-9-10-11-12-13-14-15-16-17-18-28(31(38)39)34(29(36)24-32)30(37)27(33)23-25-19-21-26(35)22-20-25/h19-22,27-28,35H,2-18,23-24,32-33H2,1H3,(H,38,39). The number of phenolic OH excluding ortho intramolecular Hbond substituents is 1. The molecule has 6 N–H and O–H groups in total. The highest BCUT2D eigenvalue weighted by atomic mass is 16.4. The maximum atomic E-state index is 13.0. The van der Waals surface area contributed by atoms with Crippen LogP contribution in [0, 0.1) is 0 Å². The minimum atomic E-state index is -1.29. The van der Waals surface area contributed by atoms with Crippen molar-refractivity contribution in [2.24, 2.45) is 11.5 Å². The monoisotopic (exact) mass is 547 g/mol. The molecule has 8 nitrogen and oxygen atoms in total. The van der Waals surface area contributed by atoms with Crippen molar-refractivity contribution in [2.75, 3.05) is 6.54 Å². The van der Waals surface area contributed by atoms with Crippen LogP contribution in [0.2, 0.25) is 0 Å². The van der Waals surface area contributed by atoms with Crippen molar-refractivity contribution in [1.29, 1.82) is 0 Å². The van der Waals surface area contributed by atoms with E-state index in [0.717, 1.165) is 24.2 Å². The van der Waals surface area contributed by atoms with Gasteiger partial charge in [-0.15, -0.1) is 0 Å². The number of aromatic hydroxyl groups is 1. The van der Waals surface area contributed by atoms with Gasteiger partial charge in [0.1, 0.15) is 11.8 Å². The molecular weight excluding hydrogens is 494 g/mol. The average molecular weight is 548 g/mol. The lowest BCUT2D eigenvalue weighted by Gasteiger charge is -2.29. The molecule has 8 heteroatoms. The molecule has 2 atom stereocenters. The number of carboxylic acid groups (broad SMARTS) is 1. The molecule has 0 aliphatic heterocycles. The first kappa shape index (κ1) is 34.6. The molecule has 1 aromatic carbocycles. The number of imide groups is 1. The van der Waals surface area contributed by atoms with E-state index in [1.54, 1.807) is 12.1 Å². The first-order chi connectivity index (χ1) is 18.8. The Morgan fingerprint density at radius 1 is 0.769 bits per heavy atom. The predicted octanol–water partition coefficient (Wildman–Crippen LogP) is 5.68. The second kappa shape index (κ2) is 21.4. The molecule has 0 spiro atoms. The van der Waals surface area contributed by atoms with Crippen LogP contribution in [-0.4, -0.2) is 51.5 Å². The zero-order valence-corrected chi connectivity index (χ0v) is 24.1. The molecule has 0 aliphatic carbocycles. The molecule has 0 saturated carbocycles. The summed E-state index contributed by atoms with van der Waals surface area (Å²) in [4.78, 5) is 38.3. The van der Waals surface area contributed by atoms with Gasteiger partial charge >= 0.3 is 5.97 Å². The number of carbonyl (C=O) groups excluding carboxylic acids is 2. The van der Waals surface area contributed by atoms with Gasteiger partial charge in [-0.2, -0.15) is 0 Å². The number of rotatable bonds is 23. The van der Waals surface area contributed by atoms with Crippen LogP contribution in [0.15, 0.2) is 24.3 Å². The third-order valence-corrected chi connectivity index (χ3v) is 7.32. The number of hydrogen-bond acceptors (Lipinski definition) is 6. The number of carboxylic acids is 1. The molecule has 1 rings (SSSR count). The first-order valence-corrected chi connectivity index (χ1v) is 15.1. The number of carbonyl (C=O) groups is 3. The number of nitrogens with zero attached hydrogens (tertiary/aromatic N) is 1.